The molecule has 0 spiro atoms. The Kier molecular flexibility index (Phi) is 6.14. The van der Waals surface area contributed by atoms with E-state index < -0.39 is 49.9 Å². The molecule has 2 aromatic rings. The van der Waals surface area contributed by atoms with Crippen LogP contribution in [0.1, 0.15) is 47.2 Å². The van der Waals surface area contributed by atoms with E-state index in [-0.39, 0.29) is 30.6 Å². The summed E-state index contributed by atoms with van der Waals surface area (Å²) in [5, 5.41) is -0.0175. The van der Waals surface area contributed by atoms with E-state index in [0.29, 0.717) is 17.7 Å². The summed E-state index contributed by atoms with van der Waals surface area (Å²) in [6, 6.07) is 7.19. The molecule has 1 N–H and O–H groups in total. The Morgan fingerprint density at radius 3 is 2.32 bits per heavy atom. The molecule has 1 fully saturated rings. The number of carbonyl (C=O) groups excluding carboxylic acids is 1. The van der Waals surface area contributed by atoms with E-state index in [1.807, 2.05) is 0 Å². The molecule has 4 nitrogen and oxygen atoms in total. The van der Waals surface area contributed by atoms with Gasteiger partial charge in [0, 0.05) is 11.6 Å². The highest BCUT2D eigenvalue weighted by Crippen LogP contribution is 2.40. The van der Waals surface area contributed by atoms with Crippen molar-refractivity contribution in [3.8, 4) is 0 Å². The summed E-state index contributed by atoms with van der Waals surface area (Å²) in [6.45, 7) is 1.69. The molecule has 1 aliphatic carbocycles. The fourth-order valence-electron chi connectivity index (χ4n) is 3.61. The van der Waals surface area contributed by atoms with Crippen molar-refractivity contribution < 1.29 is 35.2 Å². The van der Waals surface area contributed by atoms with E-state index in [0.717, 1.165) is 6.07 Å². The monoisotopic (exact) mass is 461 g/mol. The van der Waals surface area contributed by atoms with Gasteiger partial charge in [-0.25, -0.2) is 17.2 Å². The number of rotatable bonds is 4. The van der Waals surface area contributed by atoms with Gasteiger partial charge in [0.15, 0.2) is 0 Å². The summed E-state index contributed by atoms with van der Waals surface area (Å²) in [5.41, 5.74) is -1.28. The zero-order chi connectivity index (χ0) is 23.0. The first-order chi connectivity index (χ1) is 14.3. The maximum Gasteiger partial charge on any atom is 0.419 e. The van der Waals surface area contributed by atoms with Crippen LogP contribution in [0.3, 0.4) is 0 Å². The highest BCUT2D eigenvalue weighted by Gasteiger charge is 2.48. The number of nitrogens with one attached hydrogen (secondary N) is 1. The summed E-state index contributed by atoms with van der Waals surface area (Å²) in [4.78, 5) is 12.2. The van der Waals surface area contributed by atoms with Crippen LogP contribution in [0.15, 0.2) is 47.4 Å². The first-order valence-corrected chi connectivity index (χ1v) is 11.0. The van der Waals surface area contributed by atoms with Crippen molar-refractivity contribution in [1.29, 1.82) is 0 Å². The third-order valence-electron chi connectivity index (χ3n) is 5.38. The largest absolute Gasteiger partial charge is 0.419 e. The van der Waals surface area contributed by atoms with Crippen molar-refractivity contribution in [2.75, 3.05) is 0 Å². The lowest BCUT2D eigenvalue weighted by Gasteiger charge is -2.34. The summed E-state index contributed by atoms with van der Waals surface area (Å²) in [7, 11) is -4.26. The minimum absolute atomic E-state index is 0.0133. The molecule has 2 aromatic carbocycles. The molecular weight excluding hydrogens is 441 g/mol. The van der Waals surface area contributed by atoms with E-state index in [1.54, 1.807) is 13.0 Å². The number of hydrogen-bond donors (Lipinski definition) is 1. The van der Waals surface area contributed by atoms with Gasteiger partial charge in [-0.05, 0) is 68.5 Å². The third kappa shape index (κ3) is 4.73. The molecule has 1 aliphatic rings. The minimum atomic E-state index is -4.96. The van der Waals surface area contributed by atoms with E-state index in [4.69, 9.17) is 0 Å². The molecule has 3 rings (SSSR count). The first kappa shape index (κ1) is 23.2. The Bertz CT molecular complexity index is 1090. The number of sulfone groups is 1. The molecule has 10 heteroatoms. The smallest absolute Gasteiger partial charge is 0.349 e. The van der Waals surface area contributed by atoms with Gasteiger partial charge in [0.25, 0.3) is 5.91 Å². The summed E-state index contributed by atoms with van der Waals surface area (Å²) < 4.78 is 92.8. The van der Waals surface area contributed by atoms with Crippen molar-refractivity contribution >= 4 is 15.7 Å². The molecule has 0 radical (unpaired) electrons. The van der Waals surface area contributed by atoms with Crippen molar-refractivity contribution in [2.45, 2.75) is 54.7 Å². The zero-order valence-electron chi connectivity index (χ0n) is 16.5. The average Bonchev–Trinajstić information content (AvgIpc) is 2.69. The van der Waals surface area contributed by atoms with Crippen LogP contribution in [-0.2, 0) is 16.0 Å². The Labute approximate surface area is 176 Å². The maximum atomic E-state index is 15.4. The number of halogens is 5. The van der Waals surface area contributed by atoms with E-state index >= 15 is 4.39 Å². The molecule has 0 aromatic heterocycles. The predicted molar refractivity (Wildman–Crippen MR) is 103 cm³/mol. The molecule has 168 valence electrons. The van der Waals surface area contributed by atoms with Gasteiger partial charge in [-0.3, -0.25) is 4.79 Å². The lowest BCUT2D eigenvalue weighted by atomic mass is 9.93. The van der Waals surface area contributed by atoms with Crippen LogP contribution < -0.4 is 5.32 Å². The van der Waals surface area contributed by atoms with Gasteiger partial charge >= 0.3 is 6.18 Å². The van der Waals surface area contributed by atoms with Gasteiger partial charge in [-0.15, -0.1) is 0 Å². The predicted octanol–water partition coefficient (Wildman–Crippen LogP) is 4.97. The normalized spacial score (nSPS) is 22.2. The molecule has 0 atom stereocenters. The lowest BCUT2D eigenvalue weighted by Crippen LogP contribution is -2.45. The van der Waals surface area contributed by atoms with Crippen LogP contribution in [0.5, 0.6) is 0 Å². The fourth-order valence-corrected chi connectivity index (χ4v) is 5.40. The van der Waals surface area contributed by atoms with Crippen molar-refractivity contribution in [1.82, 2.24) is 5.32 Å². The van der Waals surface area contributed by atoms with Gasteiger partial charge in [0.05, 0.1) is 10.5 Å². The summed E-state index contributed by atoms with van der Waals surface area (Å²) >= 11 is 0. The minimum Gasteiger partial charge on any atom is -0.349 e. The highest BCUT2D eigenvalue weighted by atomic mass is 32.2. The van der Waals surface area contributed by atoms with Gasteiger partial charge in [0.1, 0.15) is 5.82 Å². The quantitative estimate of drug-likeness (QED) is 0.655. The van der Waals surface area contributed by atoms with Crippen molar-refractivity contribution in [2.24, 2.45) is 0 Å². The Morgan fingerprint density at radius 2 is 1.74 bits per heavy atom. The van der Waals surface area contributed by atoms with Crippen LogP contribution in [0, 0.1) is 12.7 Å². The first-order valence-electron chi connectivity index (χ1n) is 9.51. The standard InChI is InChI=1S/C21H20F5NO3S/c1-13-3-2-4-16(11-13)31(29,30)20(23)9-7-15(8-10-20)27-19(28)14-5-6-18(22)17(12-14)21(24,25)26/h2-6,11-12,15H,7-10H2,1H3,(H,27,28). The number of carbonyl (C=O) groups is 1. The second-order valence-electron chi connectivity index (χ2n) is 7.64. The summed E-state index contributed by atoms with van der Waals surface area (Å²) in [5.74, 6) is -2.37. The van der Waals surface area contributed by atoms with Crippen LogP contribution in [0.25, 0.3) is 0 Å². The molecule has 0 saturated heterocycles. The molecule has 1 saturated carbocycles. The molecule has 0 bridgehead atoms. The van der Waals surface area contributed by atoms with E-state index in [9.17, 15) is 30.8 Å². The topological polar surface area (TPSA) is 63.2 Å². The highest BCUT2D eigenvalue weighted by molar-refractivity contribution is 7.92. The number of hydrogen-bond acceptors (Lipinski definition) is 3. The average molecular weight is 461 g/mol. The second kappa shape index (κ2) is 8.22. The van der Waals surface area contributed by atoms with Crippen LogP contribution in [0.4, 0.5) is 22.0 Å². The third-order valence-corrected chi connectivity index (χ3v) is 7.63. The Balaban J connectivity index is 1.70. The second-order valence-corrected chi connectivity index (χ2v) is 9.85. The van der Waals surface area contributed by atoms with Crippen LogP contribution in [-0.4, -0.2) is 25.4 Å². The zero-order valence-corrected chi connectivity index (χ0v) is 17.3. The molecule has 0 unspecified atom stereocenters. The van der Waals surface area contributed by atoms with Crippen molar-refractivity contribution in [3.63, 3.8) is 0 Å². The summed E-state index contributed by atoms with van der Waals surface area (Å²) in [6.07, 6.45) is -5.72. The van der Waals surface area contributed by atoms with Gasteiger partial charge in [-0.1, -0.05) is 12.1 Å². The molecule has 0 heterocycles. The van der Waals surface area contributed by atoms with Gasteiger partial charge in [0.2, 0.25) is 14.8 Å². The number of aryl methyl sites for hydroxylation is 1. The maximum absolute atomic E-state index is 15.4. The number of benzene rings is 2. The molecular formula is C21H20F5NO3S. The Morgan fingerprint density at radius 1 is 1.10 bits per heavy atom. The molecule has 1 amide bonds. The van der Waals surface area contributed by atoms with Crippen molar-refractivity contribution in [3.05, 3.63) is 65.0 Å². The van der Waals surface area contributed by atoms with Crippen LogP contribution in [0.2, 0.25) is 0 Å². The lowest BCUT2D eigenvalue weighted by molar-refractivity contribution is -0.140. The van der Waals surface area contributed by atoms with Gasteiger partial charge in [-0.2, -0.15) is 13.2 Å². The molecule has 0 aliphatic heterocycles. The Hall–Kier alpha value is -2.49. The van der Waals surface area contributed by atoms with E-state index in [1.165, 1.54) is 18.2 Å². The number of alkyl halides is 4. The fraction of sp³-hybridized carbons (Fsp3) is 0.381. The number of amides is 1. The van der Waals surface area contributed by atoms with E-state index in [2.05, 4.69) is 5.32 Å². The van der Waals surface area contributed by atoms with Gasteiger partial charge < -0.3 is 5.32 Å². The van der Waals surface area contributed by atoms with Crippen LogP contribution >= 0.6 is 0 Å². The molecule has 31 heavy (non-hydrogen) atoms. The SMILES string of the molecule is Cc1cccc(S(=O)(=O)C2(F)CCC(NC(=O)c3ccc(F)c(C(F)(F)F)c3)CC2)c1.